The van der Waals surface area contributed by atoms with E-state index in [2.05, 4.69) is 118 Å². The van der Waals surface area contributed by atoms with Gasteiger partial charge in [0.1, 0.15) is 0 Å². The van der Waals surface area contributed by atoms with Crippen molar-refractivity contribution >= 4 is 64.5 Å². The lowest BCUT2D eigenvalue weighted by molar-refractivity contribution is 1.29. The zero-order chi connectivity index (χ0) is 18.2. The van der Waals surface area contributed by atoms with Crippen molar-refractivity contribution in [3.05, 3.63) is 102 Å². The summed E-state index contributed by atoms with van der Waals surface area (Å²) in [6.45, 7) is 0. The Morgan fingerprint density at radius 2 is 1.26 bits per heavy atom. The standard InChI is InChI=1S/C24H16BrNS/c25-17-7-6-10-19(15-17)26(18-8-2-1-3-9-18)20-13-14-24-22(16-20)21-11-4-5-12-23(21)27-24/h1-16H. The number of fused-ring (bicyclic) bond motifs is 3. The highest BCUT2D eigenvalue weighted by atomic mass is 79.9. The van der Waals surface area contributed by atoms with Gasteiger partial charge in [-0.1, -0.05) is 58.4 Å². The molecular formula is C24H16BrNS. The van der Waals surface area contributed by atoms with Crippen molar-refractivity contribution in [2.24, 2.45) is 0 Å². The highest BCUT2D eigenvalue weighted by Crippen LogP contribution is 2.40. The summed E-state index contributed by atoms with van der Waals surface area (Å²) in [6, 6.07) is 34.3. The van der Waals surface area contributed by atoms with Gasteiger partial charge in [-0.05, 0) is 54.6 Å². The largest absolute Gasteiger partial charge is 0.310 e. The lowest BCUT2D eigenvalue weighted by Gasteiger charge is -2.25. The fourth-order valence-electron chi connectivity index (χ4n) is 3.49. The summed E-state index contributed by atoms with van der Waals surface area (Å²) in [6.07, 6.45) is 0. The summed E-state index contributed by atoms with van der Waals surface area (Å²) in [5.41, 5.74) is 3.44. The number of nitrogens with zero attached hydrogens (tertiary/aromatic N) is 1. The van der Waals surface area contributed by atoms with Crippen LogP contribution in [-0.4, -0.2) is 0 Å². The number of rotatable bonds is 3. The molecule has 1 aromatic heterocycles. The SMILES string of the molecule is Brc1cccc(N(c2ccccc2)c2ccc3sc4ccccc4c3c2)c1. The zero-order valence-electron chi connectivity index (χ0n) is 14.5. The first-order valence-corrected chi connectivity index (χ1v) is 10.4. The van der Waals surface area contributed by atoms with Gasteiger partial charge in [0.15, 0.2) is 0 Å². The van der Waals surface area contributed by atoms with Gasteiger partial charge in [0.2, 0.25) is 0 Å². The van der Waals surface area contributed by atoms with Gasteiger partial charge in [-0.3, -0.25) is 0 Å². The van der Waals surface area contributed by atoms with Gasteiger partial charge < -0.3 is 4.90 Å². The Balaban J connectivity index is 1.75. The Hall–Kier alpha value is -2.62. The topological polar surface area (TPSA) is 3.24 Å². The maximum Gasteiger partial charge on any atom is 0.0472 e. The molecule has 27 heavy (non-hydrogen) atoms. The van der Waals surface area contributed by atoms with Crippen molar-refractivity contribution in [1.29, 1.82) is 0 Å². The van der Waals surface area contributed by atoms with Crippen molar-refractivity contribution in [3.63, 3.8) is 0 Å². The molecule has 0 saturated carbocycles. The van der Waals surface area contributed by atoms with Crippen molar-refractivity contribution in [1.82, 2.24) is 0 Å². The third kappa shape index (κ3) is 3.03. The molecule has 1 nitrogen and oxygen atoms in total. The molecule has 0 amide bonds. The molecule has 130 valence electrons. The average Bonchev–Trinajstić information content (AvgIpc) is 3.07. The Morgan fingerprint density at radius 1 is 0.556 bits per heavy atom. The van der Waals surface area contributed by atoms with Gasteiger partial charge in [-0.15, -0.1) is 11.3 Å². The Morgan fingerprint density at radius 3 is 2.11 bits per heavy atom. The van der Waals surface area contributed by atoms with E-state index in [4.69, 9.17) is 0 Å². The van der Waals surface area contributed by atoms with E-state index >= 15 is 0 Å². The second-order valence-corrected chi connectivity index (χ2v) is 8.43. The van der Waals surface area contributed by atoms with Gasteiger partial charge in [-0.2, -0.15) is 0 Å². The van der Waals surface area contributed by atoms with Gasteiger partial charge >= 0.3 is 0 Å². The molecule has 0 saturated heterocycles. The lowest BCUT2D eigenvalue weighted by atomic mass is 10.1. The van der Waals surface area contributed by atoms with Crippen LogP contribution >= 0.6 is 27.3 Å². The van der Waals surface area contributed by atoms with Crippen LogP contribution in [0.4, 0.5) is 17.1 Å². The van der Waals surface area contributed by atoms with Crippen LogP contribution in [-0.2, 0) is 0 Å². The van der Waals surface area contributed by atoms with Gasteiger partial charge in [0, 0.05) is 41.7 Å². The molecule has 0 bridgehead atoms. The predicted molar refractivity (Wildman–Crippen MR) is 122 cm³/mol. The third-order valence-electron chi connectivity index (χ3n) is 4.70. The molecule has 1 heterocycles. The van der Waals surface area contributed by atoms with Gasteiger partial charge in [0.25, 0.3) is 0 Å². The Bertz CT molecular complexity index is 1240. The summed E-state index contributed by atoms with van der Waals surface area (Å²) < 4.78 is 3.73. The first kappa shape index (κ1) is 16.5. The first-order chi connectivity index (χ1) is 13.3. The molecule has 0 spiro atoms. The minimum Gasteiger partial charge on any atom is -0.310 e. The van der Waals surface area contributed by atoms with Crippen LogP contribution in [0.5, 0.6) is 0 Å². The summed E-state index contributed by atoms with van der Waals surface area (Å²) >= 11 is 5.47. The van der Waals surface area contributed by atoms with Crippen LogP contribution in [0.1, 0.15) is 0 Å². The third-order valence-corrected chi connectivity index (χ3v) is 6.34. The van der Waals surface area contributed by atoms with Gasteiger partial charge in [-0.25, -0.2) is 0 Å². The van der Waals surface area contributed by atoms with Crippen LogP contribution in [0.15, 0.2) is 102 Å². The van der Waals surface area contributed by atoms with E-state index in [-0.39, 0.29) is 0 Å². The molecule has 0 aliphatic carbocycles. The highest BCUT2D eigenvalue weighted by Gasteiger charge is 2.14. The molecule has 0 atom stereocenters. The van der Waals surface area contributed by atoms with Crippen LogP contribution in [0.25, 0.3) is 20.2 Å². The summed E-state index contributed by atoms with van der Waals surface area (Å²) in [7, 11) is 0. The van der Waals surface area contributed by atoms with Crippen LogP contribution in [0, 0.1) is 0 Å². The molecule has 5 rings (SSSR count). The molecule has 0 aliphatic rings. The normalized spacial score (nSPS) is 11.1. The molecule has 0 aliphatic heterocycles. The molecule has 0 radical (unpaired) electrons. The molecule has 0 fully saturated rings. The van der Waals surface area contributed by atoms with Crippen molar-refractivity contribution in [3.8, 4) is 0 Å². The molecular weight excluding hydrogens is 414 g/mol. The maximum absolute atomic E-state index is 3.62. The number of para-hydroxylation sites is 1. The van der Waals surface area contributed by atoms with E-state index in [9.17, 15) is 0 Å². The molecule has 3 heteroatoms. The first-order valence-electron chi connectivity index (χ1n) is 8.82. The molecule has 5 aromatic rings. The van der Waals surface area contributed by atoms with E-state index in [1.807, 2.05) is 11.3 Å². The number of halogens is 1. The van der Waals surface area contributed by atoms with E-state index in [1.54, 1.807) is 0 Å². The van der Waals surface area contributed by atoms with Crippen LogP contribution in [0.2, 0.25) is 0 Å². The Kier molecular flexibility index (Phi) is 4.19. The molecule has 4 aromatic carbocycles. The van der Waals surface area contributed by atoms with E-state index in [0.717, 1.165) is 21.5 Å². The van der Waals surface area contributed by atoms with Crippen LogP contribution in [0.3, 0.4) is 0 Å². The second-order valence-electron chi connectivity index (χ2n) is 6.43. The van der Waals surface area contributed by atoms with Crippen molar-refractivity contribution in [2.75, 3.05) is 4.90 Å². The average molecular weight is 430 g/mol. The number of thiophene rings is 1. The fraction of sp³-hybridized carbons (Fsp3) is 0. The minimum absolute atomic E-state index is 1.07. The van der Waals surface area contributed by atoms with Crippen molar-refractivity contribution < 1.29 is 0 Å². The van der Waals surface area contributed by atoms with E-state index in [0.29, 0.717) is 0 Å². The quantitative estimate of drug-likeness (QED) is 0.278. The maximum atomic E-state index is 3.62. The van der Waals surface area contributed by atoms with E-state index < -0.39 is 0 Å². The number of hydrogen-bond acceptors (Lipinski definition) is 2. The summed E-state index contributed by atoms with van der Waals surface area (Å²) in [5, 5.41) is 2.63. The Labute approximate surface area is 170 Å². The summed E-state index contributed by atoms with van der Waals surface area (Å²) in [4.78, 5) is 2.30. The number of hydrogen-bond donors (Lipinski definition) is 0. The smallest absolute Gasteiger partial charge is 0.0472 e. The van der Waals surface area contributed by atoms with E-state index in [1.165, 1.54) is 20.2 Å². The summed E-state index contributed by atoms with van der Waals surface area (Å²) in [5.74, 6) is 0. The number of benzene rings is 4. The van der Waals surface area contributed by atoms with Crippen LogP contribution < -0.4 is 4.90 Å². The predicted octanol–water partition coefficient (Wildman–Crippen LogP) is 8.29. The monoisotopic (exact) mass is 429 g/mol. The zero-order valence-corrected chi connectivity index (χ0v) is 16.9. The molecule has 0 N–H and O–H groups in total. The lowest BCUT2D eigenvalue weighted by Crippen LogP contribution is -2.09. The fourth-order valence-corrected chi connectivity index (χ4v) is 4.97. The van der Waals surface area contributed by atoms with Crippen molar-refractivity contribution in [2.45, 2.75) is 0 Å². The molecule has 0 unspecified atom stereocenters. The minimum atomic E-state index is 1.07. The highest BCUT2D eigenvalue weighted by molar-refractivity contribution is 9.10. The second kappa shape index (κ2) is 6.84. The van der Waals surface area contributed by atoms with Gasteiger partial charge in [0.05, 0.1) is 0 Å². The number of anilines is 3.